The maximum Gasteiger partial charge on any atom is 0.0552 e. The largest absolute Gasteiger partial charge is 0.310 e. The second-order valence-electron chi connectivity index (χ2n) is 13.0. The minimum absolute atomic E-state index is 0.0160. The van der Waals surface area contributed by atoms with Gasteiger partial charge in [-0.3, -0.25) is 0 Å². The van der Waals surface area contributed by atoms with Crippen molar-refractivity contribution in [2.45, 2.75) is 29.1 Å². The molecule has 8 aromatic rings. The summed E-state index contributed by atoms with van der Waals surface area (Å²) in [5, 5.41) is 5.41. The second kappa shape index (κ2) is 9.38. The van der Waals surface area contributed by atoms with E-state index in [-0.39, 0.29) is 5.41 Å². The number of para-hydroxylation sites is 1. The Morgan fingerprint density at radius 2 is 1.17 bits per heavy atom. The molecule has 7 aromatic carbocycles. The molecule has 0 N–H and O–H groups in total. The van der Waals surface area contributed by atoms with Crippen LogP contribution in [0.1, 0.15) is 25.0 Å². The molecule has 0 fully saturated rings. The Hall–Kier alpha value is -5.25. The van der Waals surface area contributed by atoms with Gasteiger partial charge in [0.05, 0.1) is 11.0 Å². The SMILES string of the molecule is CC1(C)c2ccccc2-c2cc(N(c3ccccc3)c3ccc(-n4c5cccc6c5c5c7c(cccc7ccc54)S6)cc3)ccc21. The molecule has 46 heavy (non-hydrogen) atoms. The smallest absolute Gasteiger partial charge is 0.0552 e. The van der Waals surface area contributed by atoms with Crippen LogP contribution in [0.3, 0.4) is 0 Å². The summed E-state index contributed by atoms with van der Waals surface area (Å²) < 4.78 is 2.45. The summed E-state index contributed by atoms with van der Waals surface area (Å²) in [5.74, 6) is 0. The maximum atomic E-state index is 2.45. The number of nitrogens with zero attached hydrogens (tertiary/aromatic N) is 2. The highest BCUT2D eigenvalue weighted by Crippen LogP contribution is 2.52. The van der Waals surface area contributed by atoms with E-state index in [4.69, 9.17) is 0 Å². The second-order valence-corrected chi connectivity index (χ2v) is 14.1. The number of anilines is 3. The molecule has 0 bridgehead atoms. The zero-order valence-corrected chi connectivity index (χ0v) is 26.5. The summed E-state index contributed by atoms with van der Waals surface area (Å²) in [6, 6.07) is 53.7. The molecule has 2 aliphatic rings. The Morgan fingerprint density at radius 1 is 0.500 bits per heavy atom. The molecule has 218 valence electrons. The van der Waals surface area contributed by atoms with E-state index in [1.807, 2.05) is 11.8 Å². The number of hydrogen-bond donors (Lipinski definition) is 0. The third-order valence-corrected chi connectivity index (χ3v) is 11.3. The first-order valence-electron chi connectivity index (χ1n) is 15.9. The Balaban J connectivity index is 1.14. The topological polar surface area (TPSA) is 8.17 Å². The molecule has 0 spiro atoms. The molecule has 1 aliphatic heterocycles. The fourth-order valence-corrected chi connectivity index (χ4v) is 9.21. The zero-order valence-electron chi connectivity index (χ0n) is 25.7. The van der Waals surface area contributed by atoms with Crippen molar-refractivity contribution in [3.8, 4) is 16.8 Å². The van der Waals surface area contributed by atoms with Gasteiger partial charge in [-0.2, -0.15) is 0 Å². The van der Waals surface area contributed by atoms with Crippen molar-refractivity contribution >= 4 is 61.4 Å². The fraction of sp³-hybridized carbons (Fsp3) is 0.0698. The van der Waals surface area contributed by atoms with Gasteiger partial charge in [0.2, 0.25) is 0 Å². The standard InChI is InChI=1S/C43H30N2S/c1-43(2)34-14-7-6-13-32(34)33-26-31(23-24-35(33)43)44(28-11-4-3-5-12-28)29-19-21-30(22-20-29)45-36-15-9-17-39-41(36)42-37(45)25-18-27-10-8-16-38(46-39)40(27)42/h3-26H,1-2H3. The minimum Gasteiger partial charge on any atom is -0.310 e. The fourth-order valence-electron chi connectivity index (χ4n) is 8.05. The van der Waals surface area contributed by atoms with E-state index in [1.54, 1.807) is 0 Å². The van der Waals surface area contributed by atoms with E-state index in [9.17, 15) is 0 Å². The number of rotatable bonds is 4. The summed E-state index contributed by atoms with van der Waals surface area (Å²) in [7, 11) is 0. The monoisotopic (exact) mass is 606 g/mol. The van der Waals surface area contributed by atoms with Crippen molar-refractivity contribution in [3.05, 3.63) is 157 Å². The summed E-state index contributed by atoms with van der Waals surface area (Å²) in [4.78, 5) is 5.06. The van der Waals surface area contributed by atoms with Crippen LogP contribution in [0, 0.1) is 0 Å². The quantitative estimate of drug-likeness (QED) is 0.197. The first kappa shape index (κ1) is 26.0. The summed E-state index contributed by atoms with van der Waals surface area (Å²) in [6.45, 7) is 4.68. The van der Waals surface area contributed by atoms with Gasteiger partial charge in [-0.1, -0.05) is 98.4 Å². The first-order chi connectivity index (χ1) is 22.6. The van der Waals surface area contributed by atoms with E-state index in [2.05, 4.69) is 169 Å². The lowest BCUT2D eigenvalue weighted by Crippen LogP contribution is -2.15. The minimum atomic E-state index is -0.0160. The van der Waals surface area contributed by atoms with Crippen LogP contribution in [0.2, 0.25) is 0 Å². The number of benzene rings is 7. The molecule has 1 aromatic heterocycles. The molecule has 0 unspecified atom stereocenters. The normalized spacial score (nSPS) is 14.0. The lowest BCUT2D eigenvalue weighted by Gasteiger charge is -2.27. The zero-order chi connectivity index (χ0) is 30.6. The van der Waals surface area contributed by atoms with E-state index in [1.165, 1.54) is 70.3 Å². The van der Waals surface area contributed by atoms with Gasteiger partial charge in [0.1, 0.15) is 0 Å². The molecule has 0 saturated carbocycles. The Morgan fingerprint density at radius 3 is 2.02 bits per heavy atom. The van der Waals surface area contributed by atoms with Crippen molar-refractivity contribution in [2.24, 2.45) is 0 Å². The molecule has 1 aliphatic carbocycles. The number of hydrogen-bond acceptors (Lipinski definition) is 2. The summed E-state index contributed by atoms with van der Waals surface area (Å²) in [5.41, 5.74) is 12.6. The summed E-state index contributed by atoms with van der Waals surface area (Å²) >= 11 is 1.89. The third kappa shape index (κ3) is 3.49. The van der Waals surface area contributed by atoms with Gasteiger partial charge < -0.3 is 9.47 Å². The van der Waals surface area contributed by atoms with Crippen LogP contribution in [0.4, 0.5) is 17.1 Å². The highest BCUT2D eigenvalue weighted by atomic mass is 32.2. The van der Waals surface area contributed by atoms with Crippen molar-refractivity contribution < 1.29 is 0 Å². The van der Waals surface area contributed by atoms with E-state index in [0.29, 0.717) is 0 Å². The molecular formula is C43H30N2S. The van der Waals surface area contributed by atoms with Gasteiger partial charge in [0.15, 0.2) is 0 Å². The highest BCUT2D eigenvalue weighted by Gasteiger charge is 2.35. The van der Waals surface area contributed by atoms with Crippen molar-refractivity contribution in [1.82, 2.24) is 4.57 Å². The predicted molar refractivity (Wildman–Crippen MR) is 195 cm³/mol. The highest BCUT2D eigenvalue weighted by molar-refractivity contribution is 8.00. The average Bonchev–Trinajstić information content (AvgIpc) is 3.56. The molecule has 0 amide bonds. The molecule has 10 rings (SSSR count). The summed E-state index contributed by atoms with van der Waals surface area (Å²) in [6.07, 6.45) is 0. The lowest BCUT2D eigenvalue weighted by atomic mass is 9.82. The van der Waals surface area contributed by atoms with E-state index in [0.717, 1.165) is 17.1 Å². The van der Waals surface area contributed by atoms with Crippen molar-refractivity contribution in [3.63, 3.8) is 0 Å². The average molecular weight is 607 g/mol. The maximum absolute atomic E-state index is 2.45. The first-order valence-corrected chi connectivity index (χ1v) is 16.8. The van der Waals surface area contributed by atoms with E-state index < -0.39 is 0 Å². The van der Waals surface area contributed by atoms with Gasteiger partial charge in [-0.05, 0) is 100 Å². The Labute approximate surface area is 272 Å². The Bertz CT molecular complexity index is 2520. The number of fused-ring (bicyclic) bond motifs is 3. The van der Waals surface area contributed by atoms with Crippen LogP contribution in [0.5, 0.6) is 0 Å². The van der Waals surface area contributed by atoms with E-state index >= 15 is 0 Å². The van der Waals surface area contributed by atoms with Crippen LogP contribution in [-0.4, -0.2) is 4.57 Å². The lowest BCUT2D eigenvalue weighted by molar-refractivity contribution is 0.660. The molecule has 0 radical (unpaired) electrons. The molecular weight excluding hydrogens is 577 g/mol. The molecule has 0 atom stereocenters. The van der Waals surface area contributed by atoms with Gasteiger partial charge in [0.25, 0.3) is 0 Å². The van der Waals surface area contributed by atoms with Crippen LogP contribution in [-0.2, 0) is 5.41 Å². The van der Waals surface area contributed by atoms with Crippen LogP contribution in [0.25, 0.3) is 49.4 Å². The van der Waals surface area contributed by atoms with Gasteiger partial charge in [0, 0.05) is 54.1 Å². The van der Waals surface area contributed by atoms with Gasteiger partial charge in [-0.15, -0.1) is 0 Å². The van der Waals surface area contributed by atoms with Crippen LogP contribution in [0.15, 0.2) is 155 Å². The van der Waals surface area contributed by atoms with Gasteiger partial charge >= 0.3 is 0 Å². The van der Waals surface area contributed by atoms with Crippen LogP contribution < -0.4 is 4.90 Å². The molecule has 2 heterocycles. The number of aromatic nitrogens is 1. The molecule has 2 nitrogen and oxygen atoms in total. The Kier molecular flexibility index (Phi) is 5.31. The van der Waals surface area contributed by atoms with Gasteiger partial charge in [-0.25, -0.2) is 0 Å². The molecule has 0 saturated heterocycles. The third-order valence-electron chi connectivity index (χ3n) is 10.1. The van der Waals surface area contributed by atoms with Crippen molar-refractivity contribution in [1.29, 1.82) is 0 Å². The van der Waals surface area contributed by atoms with Crippen molar-refractivity contribution in [2.75, 3.05) is 4.90 Å². The molecule has 3 heteroatoms. The van der Waals surface area contributed by atoms with Crippen LogP contribution >= 0.6 is 11.8 Å². The predicted octanol–water partition coefficient (Wildman–Crippen LogP) is 12.2.